The van der Waals surface area contributed by atoms with Gasteiger partial charge in [0, 0.05) is 18.3 Å². The molecule has 3 heteroatoms. The van der Waals surface area contributed by atoms with Gasteiger partial charge >= 0.3 is 0 Å². The van der Waals surface area contributed by atoms with Gasteiger partial charge in [-0.05, 0) is 37.8 Å². The van der Waals surface area contributed by atoms with Crippen molar-refractivity contribution in [3.8, 4) is 0 Å². The molecule has 1 unspecified atom stereocenters. The van der Waals surface area contributed by atoms with Gasteiger partial charge in [-0.3, -0.25) is 4.79 Å². The predicted molar refractivity (Wildman–Crippen MR) is 58.0 cm³/mol. The Hall–Kier alpha value is -1.51. The van der Waals surface area contributed by atoms with E-state index in [4.69, 9.17) is 0 Å². The summed E-state index contributed by atoms with van der Waals surface area (Å²) in [5.41, 5.74) is 1.17. The molecule has 0 saturated heterocycles. The normalized spacial score (nSPS) is 20.9. The maximum absolute atomic E-state index is 11.2. The van der Waals surface area contributed by atoms with Gasteiger partial charge in [0.25, 0.3) is 0 Å². The van der Waals surface area contributed by atoms with Crippen molar-refractivity contribution in [3.05, 3.63) is 30.4 Å². The summed E-state index contributed by atoms with van der Waals surface area (Å²) in [6, 6.07) is 1.81. The molecule has 0 aromatic carbocycles. The summed E-state index contributed by atoms with van der Waals surface area (Å²) in [5.74, 6) is 1.30. The highest BCUT2D eigenvalue weighted by atomic mass is 16.1. The quantitative estimate of drug-likeness (QED) is 0.738. The van der Waals surface area contributed by atoms with E-state index < -0.39 is 0 Å². The number of ketones is 1. The molecular weight excluding hydrogens is 188 g/mol. The van der Waals surface area contributed by atoms with Crippen molar-refractivity contribution in [1.82, 2.24) is 9.97 Å². The van der Waals surface area contributed by atoms with Gasteiger partial charge < -0.3 is 0 Å². The first kappa shape index (κ1) is 10.0. The minimum atomic E-state index is 0.206. The van der Waals surface area contributed by atoms with Crippen molar-refractivity contribution in [2.24, 2.45) is 5.92 Å². The van der Waals surface area contributed by atoms with Crippen LogP contribution in [0.1, 0.15) is 32.0 Å². The second-order valence-electron chi connectivity index (χ2n) is 3.88. The first-order chi connectivity index (χ1) is 7.27. The maximum Gasteiger partial charge on any atom is 0.154 e. The molecule has 0 saturated carbocycles. The lowest BCUT2D eigenvalue weighted by molar-refractivity contribution is -0.120. The smallest absolute Gasteiger partial charge is 0.154 e. The summed E-state index contributed by atoms with van der Waals surface area (Å²) in [7, 11) is 0. The minimum Gasteiger partial charge on any atom is -0.300 e. The fraction of sp³-hybridized carbons (Fsp3) is 0.417. The predicted octanol–water partition coefficient (Wildman–Crippen LogP) is 2.25. The van der Waals surface area contributed by atoms with Gasteiger partial charge in [0.05, 0.1) is 0 Å². The topological polar surface area (TPSA) is 42.9 Å². The average molecular weight is 202 g/mol. The number of hydrogen-bond acceptors (Lipinski definition) is 3. The van der Waals surface area contributed by atoms with E-state index in [0.29, 0.717) is 5.78 Å². The Bertz CT molecular complexity index is 384. The minimum absolute atomic E-state index is 0.206. The SMILES string of the molecule is CC(=O)C1CC=C(c2ncccn2)CC1. The molecule has 0 amide bonds. The monoisotopic (exact) mass is 202 g/mol. The van der Waals surface area contributed by atoms with Gasteiger partial charge in [0.15, 0.2) is 5.82 Å². The summed E-state index contributed by atoms with van der Waals surface area (Å²) in [6.07, 6.45) is 8.28. The summed E-state index contributed by atoms with van der Waals surface area (Å²) in [4.78, 5) is 19.6. The van der Waals surface area contributed by atoms with E-state index in [0.717, 1.165) is 25.1 Å². The third-order valence-corrected chi connectivity index (χ3v) is 2.84. The highest BCUT2D eigenvalue weighted by molar-refractivity contribution is 5.79. The summed E-state index contributed by atoms with van der Waals surface area (Å²) < 4.78 is 0. The van der Waals surface area contributed by atoms with Crippen LogP contribution >= 0.6 is 0 Å². The molecule has 15 heavy (non-hydrogen) atoms. The van der Waals surface area contributed by atoms with E-state index in [1.807, 2.05) is 6.07 Å². The van der Waals surface area contributed by atoms with Gasteiger partial charge in [-0.15, -0.1) is 0 Å². The van der Waals surface area contributed by atoms with Crippen LogP contribution in [-0.2, 0) is 4.79 Å². The lowest BCUT2D eigenvalue weighted by atomic mass is 9.87. The van der Waals surface area contributed by atoms with Crippen molar-refractivity contribution in [3.63, 3.8) is 0 Å². The van der Waals surface area contributed by atoms with E-state index in [2.05, 4.69) is 16.0 Å². The summed E-state index contributed by atoms with van der Waals surface area (Å²) in [5, 5.41) is 0. The molecule has 0 N–H and O–H groups in total. The van der Waals surface area contributed by atoms with Gasteiger partial charge in [-0.2, -0.15) is 0 Å². The molecular formula is C12H14N2O. The van der Waals surface area contributed by atoms with Crippen LogP contribution in [0.3, 0.4) is 0 Å². The summed E-state index contributed by atoms with van der Waals surface area (Å²) in [6.45, 7) is 1.67. The highest BCUT2D eigenvalue weighted by Gasteiger charge is 2.19. The molecule has 0 fully saturated rings. The van der Waals surface area contributed by atoms with Crippen molar-refractivity contribution in [2.45, 2.75) is 26.2 Å². The molecule has 1 atom stereocenters. The molecule has 1 aromatic heterocycles. The number of aromatic nitrogens is 2. The van der Waals surface area contributed by atoms with Crippen LogP contribution in [0, 0.1) is 5.92 Å². The zero-order valence-electron chi connectivity index (χ0n) is 8.81. The van der Waals surface area contributed by atoms with Gasteiger partial charge in [0.1, 0.15) is 5.78 Å². The van der Waals surface area contributed by atoms with Crippen LogP contribution in [0.4, 0.5) is 0 Å². The molecule has 1 heterocycles. The molecule has 1 aliphatic carbocycles. The number of rotatable bonds is 2. The molecule has 0 radical (unpaired) electrons. The van der Waals surface area contributed by atoms with Crippen LogP contribution in [0.2, 0.25) is 0 Å². The van der Waals surface area contributed by atoms with E-state index in [1.54, 1.807) is 19.3 Å². The van der Waals surface area contributed by atoms with Crippen molar-refractivity contribution in [2.75, 3.05) is 0 Å². The van der Waals surface area contributed by atoms with E-state index >= 15 is 0 Å². The largest absolute Gasteiger partial charge is 0.300 e. The van der Waals surface area contributed by atoms with Crippen LogP contribution in [0.15, 0.2) is 24.5 Å². The van der Waals surface area contributed by atoms with E-state index in [9.17, 15) is 4.79 Å². The van der Waals surface area contributed by atoms with E-state index in [-0.39, 0.29) is 5.92 Å². The van der Waals surface area contributed by atoms with Gasteiger partial charge in [-0.1, -0.05) is 6.08 Å². The second-order valence-corrected chi connectivity index (χ2v) is 3.88. The molecule has 2 rings (SSSR count). The molecule has 0 aliphatic heterocycles. The standard InChI is InChI=1S/C12H14N2O/c1-9(15)10-3-5-11(6-4-10)12-13-7-2-8-14-12/h2,5,7-8,10H,3-4,6H2,1H3. The molecule has 0 spiro atoms. The first-order valence-electron chi connectivity index (χ1n) is 5.24. The average Bonchev–Trinajstić information content (AvgIpc) is 2.30. The zero-order chi connectivity index (χ0) is 10.7. The van der Waals surface area contributed by atoms with Crippen LogP contribution in [0.5, 0.6) is 0 Å². The number of carbonyl (C=O) groups is 1. The third kappa shape index (κ3) is 2.29. The Morgan fingerprint density at radius 1 is 1.40 bits per heavy atom. The summed E-state index contributed by atoms with van der Waals surface area (Å²) >= 11 is 0. The lowest BCUT2D eigenvalue weighted by Gasteiger charge is -2.18. The number of carbonyl (C=O) groups excluding carboxylic acids is 1. The Kier molecular flexibility index (Phi) is 2.90. The fourth-order valence-electron chi connectivity index (χ4n) is 1.87. The Balaban J connectivity index is 2.12. The zero-order valence-corrected chi connectivity index (χ0v) is 8.81. The Morgan fingerprint density at radius 3 is 2.67 bits per heavy atom. The maximum atomic E-state index is 11.2. The van der Waals surface area contributed by atoms with Crippen LogP contribution in [-0.4, -0.2) is 15.8 Å². The fourth-order valence-corrected chi connectivity index (χ4v) is 1.87. The lowest BCUT2D eigenvalue weighted by Crippen LogP contribution is -2.14. The number of hydrogen-bond donors (Lipinski definition) is 0. The number of allylic oxidation sites excluding steroid dienone is 2. The Morgan fingerprint density at radius 2 is 2.13 bits per heavy atom. The van der Waals surface area contributed by atoms with Crippen molar-refractivity contribution in [1.29, 1.82) is 0 Å². The highest BCUT2D eigenvalue weighted by Crippen LogP contribution is 2.28. The molecule has 3 nitrogen and oxygen atoms in total. The molecule has 0 bridgehead atoms. The molecule has 1 aromatic rings. The van der Waals surface area contributed by atoms with Crippen molar-refractivity contribution < 1.29 is 4.79 Å². The second kappa shape index (κ2) is 4.34. The molecule has 1 aliphatic rings. The number of Topliss-reactive ketones (excluding diaryl/α,β-unsaturated/α-hetero) is 1. The van der Waals surface area contributed by atoms with Crippen LogP contribution < -0.4 is 0 Å². The Labute approximate surface area is 89.3 Å². The molecule has 78 valence electrons. The number of nitrogens with zero attached hydrogens (tertiary/aromatic N) is 2. The van der Waals surface area contributed by atoms with Gasteiger partial charge in [-0.25, -0.2) is 9.97 Å². The van der Waals surface area contributed by atoms with Crippen LogP contribution in [0.25, 0.3) is 5.57 Å². The van der Waals surface area contributed by atoms with E-state index in [1.165, 1.54) is 5.57 Å². The van der Waals surface area contributed by atoms with Gasteiger partial charge in [0.2, 0.25) is 0 Å². The van der Waals surface area contributed by atoms with Crippen molar-refractivity contribution >= 4 is 11.4 Å². The third-order valence-electron chi connectivity index (χ3n) is 2.84. The first-order valence-corrected chi connectivity index (χ1v) is 5.24.